The second kappa shape index (κ2) is 8.33. The molecular weight excluding hydrogens is 226 g/mol. The summed E-state index contributed by atoms with van der Waals surface area (Å²) in [5.74, 6) is 0.930. The molecule has 0 saturated carbocycles. The van der Waals surface area contributed by atoms with Crippen molar-refractivity contribution in [3.8, 4) is 0 Å². The van der Waals surface area contributed by atoms with Gasteiger partial charge >= 0.3 is 0 Å². The summed E-state index contributed by atoms with van der Waals surface area (Å²) in [4.78, 5) is 10.4. The Bertz CT molecular complexity index is 355. The summed E-state index contributed by atoms with van der Waals surface area (Å²) in [6, 6.07) is 0. The van der Waals surface area contributed by atoms with E-state index in [4.69, 9.17) is 0 Å². The highest BCUT2D eigenvalue weighted by molar-refractivity contribution is 5.79. The van der Waals surface area contributed by atoms with Crippen molar-refractivity contribution in [2.24, 2.45) is 4.99 Å². The number of aromatic nitrogens is 2. The minimum atomic E-state index is 0.842. The van der Waals surface area contributed by atoms with E-state index in [1.807, 2.05) is 30.2 Å². The molecule has 1 rings (SSSR count). The second-order valence-electron chi connectivity index (χ2n) is 4.13. The quantitative estimate of drug-likeness (QED) is 0.343. The molecule has 1 aromatic rings. The molecule has 0 aliphatic carbocycles. The molecule has 0 fully saturated rings. The lowest BCUT2D eigenvalue weighted by Gasteiger charge is -2.21. The molecule has 1 aromatic heterocycles. The first kappa shape index (κ1) is 14.3. The fourth-order valence-corrected chi connectivity index (χ4v) is 1.68. The lowest BCUT2D eigenvalue weighted by atomic mass is 10.3. The van der Waals surface area contributed by atoms with Crippen LogP contribution in [0.3, 0.4) is 0 Å². The van der Waals surface area contributed by atoms with Gasteiger partial charge in [-0.15, -0.1) is 6.58 Å². The van der Waals surface area contributed by atoms with Crippen molar-refractivity contribution in [2.75, 3.05) is 27.2 Å². The monoisotopic (exact) mass is 249 g/mol. The summed E-state index contributed by atoms with van der Waals surface area (Å²) in [5, 5.41) is 3.34. The maximum Gasteiger partial charge on any atom is 0.193 e. The van der Waals surface area contributed by atoms with Gasteiger partial charge in [-0.05, 0) is 12.8 Å². The van der Waals surface area contributed by atoms with Gasteiger partial charge in [0.25, 0.3) is 0 Å². The number of unbranched alkanes of at least 4 members (excludes halogenated alkanes) is 1. The number of rotatable bonds is 7. The Morgan fingerprint density at radius 3 is 3.06 bits per heavy atom. The number of hydrogen-bond donors (Lipinski definition) is 1. The van der Waals surface area contributed by atoms with Crippen molar-refractivity contribution < 1.29 is 0 Å². The maximum atomic E-state index is 4.27. The van der Waals surface area contributed by atoms with Gasteiger partial charge < -0.3 is 14.8 Å². The molecule has 0 unspecified atom stereocenters. The van der Waals surface area contributed by atoms with Crippen LogP contribution in [0.25, 0.3) is 0 Å². The molecule has 0 saturated heterocycles. The smallest absolute Gasteiger partial charge is 0.193 e. The number of nitrogens with one attached hydrogen (secondary N) is 1. The first-order chi connectivity index (χ1) is 8.77. The van der Waals surface area contributed by atoms with Crippen molar-refractivity contribution in [1.82, 2.24) is 19.8 Å². The Morgan fingerprint density at radius 2 is 2.44 bits per heavy atom. The second-order valence-corrected chi connectivity index (χ2v) is 4.13. The standard InChI is InChI=1S/C13H23N5/c1-4-5-6-9-17(3)13(14-2)16-8-11-18-10-7-15-12-18/h4,7,10,12H,1,5-6,8-9,11H2,2-3H3,(H,14,16). The Morgan fingerprint density at radius 1 is 1.61 bits per heavy atom. The minimum Gasteiger partial charge on any atom is -0.354 e. The highest BCUT2D eigenvalue weighted by Gasteiger charge is 2.03. The lowest BCUT2D eigenvalue weighted by Crippen LogP contribution is -2.40. The first-order valence-electron chi connectivity index (χ1n) is 6.26. The Balaban J connectivity index is 2.26. The minimum absolute atomic E-state index is 0.842. The summed E-state index contributed by atoms with van der Waals surface area (Å²) in [7, 11) is 3.86. The van der Waals surface area contributed by atoms with Crippen LogP contribution in [0.5, 0.6) is 0 Å². The maximum absolute atomic E-state index is 4.27. The zero-order valence-corrected chi connectivity index (χ0v) is 11.3. The van der Waals surface area contributed by atoms with Gasteiger partial charge in [0.05, 0.1) is 6.33 Å². The predicted octanol–water partition coefficient (Wildman–Crippen LogP) is 1.36. The van der Waals surface area contributed by atoms with E-state index in [-0.39, 0.29) is 0 Å². The average molecular weight is 249 g/mol. The molecule has 0 atom stereocenters. The Labute approximate surface area is 109 Å². The first-order valence-corrected chi connectivity index (χ1v) is 6.26. The van der Waals surface area contributed by atoms with Crippen LogP contribution in [-0.4, -0.2) is 47.6 Å². The zero-order chi connectivity index (χ0) is 13.2. The van der Waals surface area contributed by atoms with Gasteiger partial charge in [0.2, 0.25) is 0 Å². The van der Waals surface area contributed by atoms with Crippen LogP contribution in [0.15, 0.2) is 36.4 Å². The Kier molecular flexibility index (Phi) is 6.61. The van der Waals surface area contributed by atoms with E-state index in [0.29, 0.717) is 0 Å². The van der Waals surface area contributed by atoms with E-state index in [9.17, 15) is 0 Å². The van der Waals surface area contributed by atoms with E-state index >= 15 is 0 Å². The fraction of sp³-hybridized carbons (Fsp3) is 0.538. The van der Waals surface area contributed by atoms with Crippen LogP contribution in [0.4, 0.5) is 0 Å². The number of aliphatic imine (C=N–C) groups is 1. The topological polar surface area (TPSA) is 45.5 Å². The normalized spacial score (nSPS) is 11.3. The van der Waals surface area contributed by atoms with Crippen LogP contribution in [0.2, 0.25) is 0 Å². The molecule has 0 aromatic carbocycles. The summed E-state index contributed by atoms with van der Waals surface area (Å²) >= 11 is 0. The number of nitrogens with zero attached hydrogens (tertiary/aromatic N) is 4. The molecule has 0 amide bonds. The highest BCUT2D eigenvalue weighted by atomic mass is 15.3. The van der Waals surface area contributed by atoms with Gasteiger partial charge in [0.1, 0.15) is 0 Å². The zero-order valence-electron chi connectivity index (χ0n) is 11.3. The largest absolute Gasteiger partial charge is 0.354 e. The van der Waals surface area contributed by atoms with Gasteiger partial charge in [-0.25, -0.2) is 4.98 Å². The third kappa shape index (κ3) is 5.03. The van der Waals surface area contributed by atoms with Gasteiger partial charge in [-0.1, -0.05) is 6.08 Å². The van der Waals surface area contributed by atoms with Crippen molar-refractivity contribution >= 4 is 5.96 Å². The van der Waals surface area contributed by atoms with E-state index in [1.54, 1.807) is 6.20 Å². The lowest BCUT2D eigenvalue weighted by molar-refractivity contribution is 0.467. The van der Waals surface area contributed by atoms with Crippen LogP contribution in [0, 0.1) is 0 Å². The SMILES string of the molecule is C=CCCCN(C)C(=NC)NCCn1ccnc1. The Hall–Kier alpha value is -1.78. The van der Waals surface area contributed by atoms with Crippen LogP contribution >= 0.6 is 0 Å². The van der Waals surface area contributed by atoms with Crippen molar-refractivity contribution in [2.45, 2.75) is 19.4 Å². The molecular formula is C13H23N5. The van der Waals surface area contributed by atoms with Gasteiger partial charge in [0.15, 0.2) is 5.96 Å². The molecule has 0 spiro atoms. The van der Waals surface area contributed by atoms with Gasteiger partial charge in [-0.3, -0.25) is 4.99 Å². The summed E-state index contributed by atoms with van der Waals surface area (Å²) in [6.45, 7) is 6.44. The van der Waals surface area contributed by atoms with E-state index in [0.717, 1.165) is 38.4 Å². The third-order valence-electron chi connectivity index (χ3n) is 2.69. The van der Waals surface area contributed by atoms with Gasteiger partial charge in [0, 0.05) is 46.1 Å². The molecule has 100 valence electrons. The molecule has 0 radical (unpaired) electrons. The van der Waals surface area contributed by atoms with E-state index in [1.165, 1.54) is 0 Å². The summed E-state index contributed by atoms with van der Waals surface area (Å²) < 4.78 is 2.04. The molecule has 5 nitrogen and oxygen atoms in total. The number of imidazole rings is 1. The predicted molar refractivity (Wildman–Crippen MR) is 75.6 cm³/mol. The highest BCUT2D eigenvalue weighted by Crippen LogP contribution is 1.94. The van der Waals surface area contributed by atoms with Crippen LogP contribution < -0.4 is 5.32 Å². The molecule has 18 heavy (non-hydrogen) atoms. The molecule has 0 aliphatic rings. The van der Waals surface area contributed by atoms with Gasteiger partial charge in [-0.2, -0.15) is 0 Å². The van der Waals surface area contributed by atoms with Crippen molar-refractivity contribution in [1.29, 1.82) is 0 Å². The average Bonchev–Trinajstić information content (AvgIpc) is 2.88. The number of allylic oxidation sites excluding steroid dienone is 1. The fourth-order valence-electron chi connectivity index (χ4n) is 1.68. The third-order valence-corrected chi connectivity index (χ3v) is 2.69. The molecule has 0 bridgehead atoms. The van der Waals surface area contributed by atoms with E-state index in [2.05, 4.69) is 33.8 Å². The van der Waals surface area contributed by atoms with Crippen LogP contribution in [-0.2, 0) is 6.54 Å². The number of guanidine groups is 1. The molecule has 1 N–H and O–H groups in total. The molecule has 0 aliphatic heterocycles. The summed E-state index contributed by atoms with van der Waals surface area (Å²) in [5.41, 5.74) is 0. The number of hydrogen-bond acceptors (Lipinski definition) is 2. The molecule has 5 heteroatoms. The molecule has 1 heterocycles. The van der Waals surface area contributed by atoms with Crippen molar-refractivity contribution in [3.63, 3.8) is 0 Å². The van der Waals surface area contributed by atoms with E-state index < -0.39 is 0 Å². The van der Waals surface area contributed by atoms with Crippen LogP contribution in [0.1, 0.15) is 12.8 Å². The summed E-state index contributed by atoms with van der Waals surface area (Å²) in [6.07, 6.45) is 9.65. The van der Waals surface area contributed by atoms with Crippen molar-refractivity contribution in [3.05, 3.63) is 31.4 Å².